The van der Waals surface area contributed by atoms with E-state index in [-0.39, 0.29) is 0 Å². The molecule has 0 aromatic rings. The van der Waals surface area contributed by atoms with Crippen molar-refractivity contribution >= 4 is 0 Å². The second kappa shape index (κ2) is 16.2. The quantitative estimate of drug-likeness (QED) is 0.352. The van der Waals surface area contributed by atoms with Crippen molar-refractivity contribution in [2.75, 3.05) is 0 Å². The van der Waals surface area contributed by atoms with Gasteiger partial charge in [0.05, 0.1) is 0 Å². The Kier molecular flexibility index (Phi) is 18.5. The summed E-state index contributed by atoms with van der Waals surface area (Å²) in [7, 11) is 0. The molecule has 0 saturated carbocycles. The van der Waals surface area contributed by atoms with Gasteiger partial charge in [-0.25, -0.2) is 0 Å². The summed E-state index contributed by atoms with van der Waals surface area (Å²) in [5.74, 6) is 0. The normalized spacial score (nSPS) is 9.13. The minimum atomic E-state index is 1.17. The number of rotatable bonds is 7. The monoisotopic (exact) mass is 212 g/mol. The van der Waals surface area contributed by atoms with Crippen LogP contribution < -0.4 is 0 Å². The van der Waals surface area contributed by atoms with Crippen LogP contribution in [0.1, 0.15) is 86.0 Å². The van der Waals surface area contributed by atoms with Gasteiger partial charge >= 0.3 is 0 Å². The number of allylic oxidation sites excluding steroid dienone is 2. The Hall–Kier alpha value is -0.260. The van der Waals surface area contributed by atoms with E-state index in [1.807, 2.05) is 0 Å². The summed E-state index contributed by atoms with van der Waals surface area (Å²) >= 11 is 0. The van der Waals surface area contributed by atoms with Crippen molar-refractivity contribution in [1.29, 1.82) is 0 Å². The Morgan fingerprint density at radius 2 is 1.13 bits per heavy atom. The minimum Gasteiger partial charge on any atom is -0.0862 e. The van der Waals surface area contributed by atoms with Gasteiger partial charge < -0.3 is 0 Å². The van der Waals surface area contributed by atoms with E-state index in [4.69, 9.17) is 0 Å². The van der Waals surface area contributed by atoms with Crippen LogP contribution in [0.25, 0.3) is 0 Å². The molecule has 0 aromatic carbocycles. The molecule has 0 aliphatic carbocycles. The molecule has 0 radical (unpaired) electrons. The van der Waals surface area contributed by atoms with Gasteiger partial charge in [0.15, 0.2) is 0 Å². The lowest BCUT2D eigenvalue weighted by Crippen LogP contribution is -1.76. The van der Waals surface area contributed by atoms with Crippen LogP contribution in [-0.4, -0.2) is 0 Å². The molecule has 0 aromatic heterocycles. The smallest absolute Gasteiger partial charge is 0.0377 e. The Balaban J connectivity index is 0. The summed E-state index contributed by atoms with van der Waals surface area (Å²) in [5, 5.41) is 0. The Labute approximate surface area is 98.2 Å². The van der Waals surface area contributed by atoms with E-state index < -0.39 is 0 Å². The van der Waals surface area contributed by atoms with Crippen LogP contribution in [0.3, 0.4) is 0 Å². The average molecular weight is 212 g/mol. The molecular weight excluding hydrogens is 180 g/mol. The van der Waals surface area contributed by atoms with Crippen LogP contribution in [0, 0.1) is 0 Å². The van der Waals surface area contributed by atoms with Crippen molar-refractivity contribution in [3.05, 3.63) is 11.6 Å². The lowest BCUT2D eigenvalue weighted by Gasteiger charge is -1.96. The fraction of sp³-hybridized carbons (Fsp3) is 0.867. The first-order valence-electron chi connectivity index (χ1n) is 6.82. The van der Waals surface area contributed by atoms with Crippen LogP contribution >= 0.6 is 0 Å². The van der Waals surface area contributed by atoms with E-state index in [2.05, 4.69) is 40.7 Å². The lowest BCUT2D eigenvalue weighted by atomic mass is 10.1. The van der Waals surface area contributed by atoms with Crippen LogP contribution in [0.15, 0.2) is 11.6 Å². The molecule has 15 heavy (non-hydrogen) atoms. The van der Waals surface area contributed by atoms with Crippen molar-refractivity contribution in [2.45, 2.75) is 86.0 Å². The second-order valence-electron chi connectivity index (χ2n) is 4.46. The third-order valence-corrected chi connectivity index (χ3v) is 2.32. The largest absolute Gasteiger partial charge is 0.0862 e. The van der Waals surface area contributed by atoms with Gasteiger partial charge in [-0.15, -0.1) is 0 Å². The average Bonchev–Trinajstić information content (AvgIpc) is 2.18. The van der Waals surface area contributed by atoms with Crippen molar-refractivity contribution in [1.82, 2.24) is 0 Å². The van der Waals surface area contributed by atoms with E-state index >= 15 is 0 Å². The van der Waals surface area contributed by atoms with Crippen molar-refractivity contribution in [3.63, 3.8) is 0 Å². The molecule has 0 spiro atoms. The maximum absolute atomic E-state index is 2.26. The van der Waals surface area contributed by atoms with E-state index in [9.17, 15) is 0 Å². The molecule has 0 nitrogen and oxygen atoms in total. The molecule has 0 atom stereocenters. The molecule has 0 fully saturated rings. The van der Waals surface area contributed by atoms with Gasteiger partial charge in [0.2, 0.25) is 0 Å². The zero-order valence-corrected chi connectivity index (χ0v) is 11.7. The van der Waals surface area contributed by atoms with Gasteiger partial charge in [-0.1, -0.05) is 77.4 Å². The first-order chi connectivity index (χ1) is 7.18. The van der Waals surface area contributed by atoms with Crippen LogP contribution in [-0.2, 0) is 0 Å². The SMILES string of the molecule is CCC=C(C)C.CCCCCCCCC. The van der Waals surface area contributed by atoms with Crippen molar-refractivity contribution in [2.24, 2.45) is 0 Å². The van der Waals surface area contributed by atoms with Crippen molar-refractivity contribution < 1.29 is 0 Å². The first-order valence-corrected chi connectivity index (χ1v) is 6.82. The highest BCUT2D eigenvalue weighted by molar-refractivity contribution is 4.91. The summed E-state index contributed by atoms with van der Waals surface area (Å²) in [6, 6.07) is 0. The molecule has 0 N–H and O–H groups in total. The summed E-state index contributed by atoms with van der Waals surface area (Å²) in [6.45, 7) is 10.9. The highest BCUT2D eigenvalue weighted by Gasteiger charge is 1.85. The molecule has 0 heteroatoms. The maximum atomic E-state index is 2.26. The second-order valence-corrected chi connectivity index (χ2v) is 4.46. The standard InChI is InChI=1S/C9H20.C6H12/c1-3-5-7-9-8-6-4-2;1-4-5-6(2)3/h3-9H2,1-2H3;5H,4H2,1-3H3. The first kappa shape index (κ1) is 17.1. The van der Waals surface area contributed by atoms with Crippen LogP contribution in [0.5, 0.6) is 0 Å². The van der Waals surface area contributed by atoms with E-state index in [0.717, 1.165) is 0 Å². The number of hydrogen-bond acceptors (Lipinski definition) is 0. The number of hydrogen-bond donors (Lipinski definition) is 0. The molecular formula is C15H32. The molecule has 0 unspecified atom stereocenters. The fourth-order valence-electron chi connectivity index (χ4n) is 1.44. The fourth-order valence-corrected chi connectivity index (χ4v) is 1.44. The zero-order chi connectivity index (χ0) is 11.9. The molecule has 0 aliphatic heterocycles. The van der Waals surface area contributed by atoms with E-state index in [0.29, 0.717) is 0 Å². The highest BCUT2D eigenvalue weighted by Crippen LogP contribution is 2.05. The molecule has 0 heterocycles. The Morgan fingerprint density at radius 1 is 0.733 bits per heavy atom. The van der Waals surface area contributed by atoms with Gasteiger partial charge in [0.1, 0.15) is 0 Å². The van der Waals surface area contributed by atoms with E-state index in [1.54, 1.807) is 0 Å². The summed E-state index contributed by atoms with van der Waals surface area (Å²) in [6.07, 6.45) is 13.3. The molecule has 92 valence electrons. The topological polar surface area (TPSA) is 0 Å². The molecule has 0 amide bonds. The van der Waals surface area contributed by atoms with Crippen LogP contribution in [0.2, 0.25) is 0 Å². The third kappa shape index (κ3) is 24.8. The zero-order valence-electron chi connectivity index (χ0n) is 11.7. The maximum Gasteiger partial charge on any atom is -0.0377 e. The summed E-state index contributed by atoms with van der Waals surface area (Å²) < 4.78 is 0. The van der Waals surface area contributed by atoms with Gasteiger partial charge in [-0.05, 0) is 20.3 Å². The molecule has 0 aliphatic rings. The summed E-state index contributed by atoms with van der Waals surface area (Å²) in [4.78, 5) is 0. The third-order valence-electron chi connectivity index (χ3n) is 2.32. The molecule has 0 rings (SSSR count). The number of unbranched alkanes of at least 4 members (excludes halogenated alkanes) is 6. The minimum absolute atomic E-state index is 1.17. The van der Waals surface area contributed by atoms with Crippen molar-refractivity contribution in [3.8, 4) is 0 Å². The summed E-state index contributed by atoms with van der Waals surface area (Å²) in [5.41, 5.74) is 1.41. The highest BCUT2D eigenvalue weighted by atomic mass is 13.9. The lowest BCUT2D eigenvalue weighted by molar-refractivity contribution is 0.602. The predicted octanol–water partition coefficient (Wildman–Crippen LogP) is 6.12. The van der Waals surface area contributed by atoms with Crippen LogP contribution in [0.4, 0.5) is 0 Å². The van der Waals surface area contributed by atoms with E-state index in [1.165, 1.54) is 56.9 Å². The molecule has 0 bridgehead atoms. The van der Waals surface area contributed by atoms with Gasteiger partial charge in [0.25, 0.3) is 0 Å². The molecule has 0 saturated heterocycles. The Morgan fingerprint density at radius 3 is 1.33 bits per heavy atom. The van der Waals surface area contributed by atoms with Gasteiger partial charge in [-0.2, -0.15) is 0 Å². The van der Waals surface area contributed by atoms with Gasteiger partial charge in [-0.3, -0.25) is 0 Å². The predicted molar refractivity (Wildman–Crippen MR) is 73.4 cm³/mol. The van der Waals surface area contributed by atoms with Gasteiger partial charge in [0, 0.05) is 0 Å². The Bertz CT molecular complexity index is 112.